The monoisotopic (exact) mass is 189 g/mol. The van der Waals surface area contributed by atoms with E-state index in [1.54, 1.807) is 7.11 Å². The van der Waals surface area contributed by atoms with E-state index in [-0.39, 0.29) is 17.9 Å². The molecule has 0 amide bonds. The van der Waals surface area contributed by atoms with Crippen molar-refractivity contribution in [2.75, 3.05) is 27.4 Å². The maximum atomic E-state index is 11.2. The average Bonchev–Trinajstić information content (AvgIpc) is 2.11. The molecule has 4 heteroatoms. The lowest BCUT2D eigenvalue weighted by molar-refractivity contribution is -0.144. The summed E-state index contributed by atoms with van der Waals surface area (Å²) < 4.78 is 9.53. The molecule has 0 aromatic carbocycles. The quantitative estimate of drug-likeness (QED) is 0.486. The van der Waals surface area contributed by atoms with Gasteiger partial charge in [-0.15, -0.1) is 0 Å². The summed E-state index contributed by atoms with van der Waals surface area (Å²) in [6.45, 7) is 5.21. The summed E-state index contributed by atoms with van der Waals surface area (Å²) in [6.07, 6.45) is 0. The van der Waals surface area contributed by atoms with Gasteiger partial charge in [0.25, 0.3) is 0 Å². The van der Waals surface area contributed by atoms with Gasteiger partial charge in [-0.3, -0.25) is 4.79 Å². The van der Waals surface area contributed by atoms with Crippen molar-refractivity contribution in [2.24, 2.45) is 5.92 Å². The third kappa shape index (κ3) is 4.85. The number of carbonyl (C=O) groups excluding carboxylic acids is 1. The van der Waals surface area contributed by atoms with Gasteiger partial charge in [0.1, 0.15) is 6.04 Å². The van der Waals surface area contributed by atoms with Gasteiger partial charge in [0.2, 0.25) is 0 Å². The molecule has 13 heavy (non-hydrogen) atoms. The number of hydrogen-bond acceptors (Lipinski definition) is 4. The van der Waals surface area contributed by atoms with Crippen LogP contribution in [0.3, 0.4) is 0 Å². The van der Waals surface area contributed by atoms with E-state index in [2.05, 4.69) is 10.1 Å². The zero-order valence-electron chi connectivity index (χ0n) is 8.79. The summed E-state index contributed by atoms with van der Waals surface area (Å²) in [5.74, 6) is 0.00964. The first kappa shape index (κ1) is 12.4. The van der Waals surface area contributed by atoms with E-state index in [9.17, 15) is 4.79 Å². The van der Waals surface area contributed by atoms with Crippen LogP contribution < -0.4 is 5.32 Å². The second-order valence-corrected chi connectivity index (χ2v) is 3.19. The molecular formula is C9H19NO3. The van der Waals surface area contributed by atoms with Crippen LogP contribution in [0.25, 0.3) is 0 Å². The van der Waals surface area contributed by atoms with E-state index in [1.165, 1.54) is 7.11 Å². The fourth-order valence-electron chi connectivity index (χ4n) is 1.03. The third-order valence-electron chi connectivity index (χ3n) is 1.79. The molecule has 1 atom stereocenters. The Morgan fingerprint density at radius 1 is 1.38 bits per heavy atom. The molecule has 0 aliphatic rings. The van der Waals surface area contributed by atoms with Gasteiger partial charge in [0.05, 0.1) is 13.7 Å². The summed E-state index contributed by atoms with van der Waals surface area (Å²) in [5, 5.41) is 3.07. The first-order valence-electron chi connectivity index (χ1n) is 4.43. The van der Waals surface area contributed by atoms with E-state index in [0.717, 1.165) is 0 Å². The second kappa shape index (κ2) is 6.86. The summed E-state index contributed by atoms with van der Waals surface area (Å²) in [5.41, 5.74) is 0. The van der Waals surface area contributed by atoms with Crippen LogP contribution in [0.15, 0.2) is 0 Å². The maximum Gasteiger partial charge on any atom is 0.323 e. The number of carbonyl (C=O) groups is 1. The molecule has 4 nitrogen and oxygen atoms in total. The van der Waals surface area contributed by atoms with Crippen LogP contribution in [-0.2, 0) is 14.3 Å². The largest absolute Gasteiger partial charge is 0.468 e. The minimum absolute atomic E-state index is 0.217. The molecule has 1 unspecified atom stereocenters. The minimum atomic E-state index is -0.236. The molecule has 0 radical (unpaired) electrons. The smallest absolute Gasteiger partial charge is 0.323 e. The van der Waals surface area contributed by atoms with E-state index in [0.29, 0.717) is 13.2 Å². The van der Waals surface area contributed by atoms with Crippen molar-refractivity contribution < 1.29 is 14.3 Å². The molecule has 0 aromatic heterocycles. The number of rotatable bonds is 6. The molecule has 0 saturated heterocycles. The zero-order chi connectivity index (χ0) is 10.3. The summed E-state index contributed by atoms with van der Waals surface area (Å²) in [7, 11) is 3.03. The fraction of sp³-hybridized carbons (Fsp3) is 0.889. The Balaban J connectivity index is 3.88. The van der Waals surface area contributed by atoms with Crippen LogP contribution in [0.4, 0.5) is 0 Å². The predicted molar refractivity (Wildman–Crippen MR) is 50.5 cm³/mol. The van der Waals surface area contributed by atoms with Crippen molar-refractivity contribution in [3.05, 3.63) is 0 Å². The third-order valence-corrected chi connectivity index (χ3v) is 1.79. The topological polar surface area (TPSA) is 47.6 Å². The maximum absolute atomic E-state index is 11.2. The average molecular weight is 189 g/mol. The van der Waals surface area contributed by atoms with Gasteiger partial charge in [-0.05, 0) is 5.92 Å². The Bertz CT molecular complexity index is 148. The SMILES string of the molecule is COCCNC(C(=O)OC)C(C)C. The van der Waals surface area contributed by atoms with Crippen LogP contribution in [0.5, 0.6) is 0 Å². The molecule has 1 N–H and O–H groups in total. The molecule has 0 aromatic rings. The van der Waals surface area contributed by atoms with Crippen molar-refractivity contribution in [3.8, 4) is 0 Å². The predicted octanol–water partition coefficient (Wildman–Crippen LogP) is 0.420. The molecular weight excluding hydrogens is 170 g/mol. The van der Waals surface area contributed by atoms with Gasteiger partial charge in [0.15, 0.2) is 0 Å². The number of nitrogens with one attached hydrogen (secondary N) is 1. The highest BCUT2D eigenvalue weighted by atomic mass is 16.5. The van der Waals surface area contributed by atoms with Crippen molar-refractivity contribution in [2.45, 2.75) is 19.9 Å². The Kier molecular flexibility index (Phi) is 6.54. The Morgan fingerprint density at radius 2 is 2.00 bits per heavy atom. The molecule has 0 heterocycles. The second-order valence-electron chi connectivity index (χ2n) is 3.19. The fourth-order valence-corrected chi connectivity index (χ4v) is 1.03. The molecule has 0 aliphatic carbocycles. The molecule has 0 fully saturated rings. The number of methoxy groups -OCH3 is 2. The van der Waals surface area contributed by atoms with Gasteiger partial charge in [0, 0.05) is 13.7 Å². The van der Waals surface area contributed by atoms with Crippen molar-refractivity contribution >= 4 is 5.97 Å². The first-order chi connectivity index (χ1) is 6.13. The lowest BCUT2D eigenvalue weighted by Gasteiger charge is -2.19. The Hall–Kier alpha value is -0.610. The van der Waals surface area contributed by atoms with E-state index < -0.39 is 0 Å². The van der Waals surface area contributed by atoms with Gasteiger partial charge >= 0.3 is 5.97 Å². The standard InChI is InChI=1S/C9H19NO3/c1-7(2)8(9(11)13-4)10-5-6-12-3/h7-8,10H,5-6H2,1-4H3. The number of esters is 1. The van der Waals surface area contributed by atoms with Crippen LogP contribution in [0.1, 0.15) is 13.8 Å². The van der Waals surface area contributed by atoms with Gasteiger partial charge < -0.3 is 14.8 Å². The van der Waals surface area contributed by atoms with Crippen LogP contribution in [0, 0.1) is 5.92 Å². The van der Waals surface area contributed by atoms with Crippen molar-refractivity contribution in [1.82, 2.24) is 5.32 Å². The first-order valence-corrected chi connectivity index (χ1v) is 4.43. The minimum Gasteiger partial charge on any atom is -0.468 e. The van der Waals surface area contributed by atoms with Crippen LogP contribution in [-0.4, -0.2) is 39.4 Å². The highest BCUT2D eigenvalue weighted by Crippen LogP contribution is 2.02. The van der Waals surface area contributed by atoms with Crippen LogP contribution >= 0.6 is 0 Å². The van der Waals surface area contributed by atoms with Crippen LogP contribution in [0.2, 0.25) is 0 Å². The normalized spacial score (nSPS) is 13.0. The van der Waals surface area contributed by atoms with E-state index >= 15 is 0 Å². The highest BCUT2D eigenvalue weighted by Gasteiger charge is 2.21. The Morgan fingerprint density at radius 3 is 2.38 bits per heavy atom. The Labute approximate surface area is 79.6 Å². The molecule has 0 spiro atoms. The van der Waals surface area contributed by atoms with E-state index in [1.807, 2.05) is 13.8 Å². The summed E-state index contributed by atoms with van der Waals surface area (Å²) in [4.78, 5) is 11.2. The lowest BCUT2D eigenvalue weighted by Crippen LogP contribution is -2.43. The molecule has 78 valence electrons. The van der Waals surface area contributed by atoms with Gasteiger partial charge in [-0.2, -0.15) is 0 Å². The zero-order valence-corrected chi connectivity index (χ0v) is 8.79. The molecule has 0 rings (SSSR count). The van der Waals surface area contributed by atoms with Crippen molar-refractivity contribution in [1.29, 1.82) is 0 Å². The molecule has 0 bridgehead atoms. The van der Waals surface area contributed by atoms with Gasteiger partial charge in [-0.1, -0.05) is 13.8 Å². The number of ether oxygens (including phenoxy) is 2. The lowest BCUT2D eigenvalue weighted by atomic mass is 10.1. The van der Waals surface area contributed by atoms with Gasteiger partial charge in [-0.25, -0.2) is 0 Å². The summed E-state index contributed by atoms with van der Waals surface area (Å²) in [6, 6.07) is -0.236. The molecule has 0 aliphatic heterocycles. The van der Waals surface area contributed by atoms with Crippen molar-refractivity contribution in [3.63, 3.8) is 0 Å². The summed E-state index contributed by atoms with van der Waals surface area (Å²) >= 11 is 0. The molecule has 0 saturated carbocycles. The number of hydrogen-bond donors (Lipinski definition) is 1. The van der Waals surface area contributed by atoms with E-state index in [4.69, 9.17) is 4.74 Å². The highest BCUT2D eigenvalue weighted by molar-refractivity contribution is 5.75.